The molecule has 0 saturated carbocycles. The molecule has 0 amide bonds. The van der Waals surface area contributed by atoms with Gasteiger partial charge in [0.2, 0.25) is 0 Å². The number of hydrogen-bond donors (Lipinski definition) is 1. The molecule has 1 atom stereocenters. The largest absolute Gasteiger partial charge is 0.393 e. The van der Waals surface area contributed by atoms with Crippen molar-refractivity contribution in [3.8, 4) is 0 Å². The lowest BCUT2D eigenvalue weighted by Gasteiger charge is -2.03. The minimum atomic E-state index is -0.279. The van der Waals surface area contributed by atoms with Crippen molar-refractivity contribution in [1.82, 2.24) is 9.13 Å². The summed E-state index contributed by atoms with van der Waals surface area (Å²) in [5, 5.41) is 9.06. The molecule has 1 aromatic heterocycles. The number of aromatic nitrogens is 2. The molecule has 4 heteroatoms. The molecule has 4 nitrogen and oxygen atoms in total. The van der Waals surface area contributed by atoms with E-state index in [1.165, 1.54) is 0 Å². The lowest BCUT2D eigenvalue weighted by Crippen LogP contribution is -2.23. The molecule has 0 aliphatic carbocycles. The van der Waals surface area contributed by atoms with Gasteiger partial charge in [-0.15, -0.1) is 0 Å². The van der Waals surface area contributed by atoms with Crippen LogP contribution in [-0.2, 0) is 13.1 Å². The summed E-state index contributed by atoms with van der Waals surface area (Å²) < 4.78 is 3.36. The minimum absolute atomic E-state index is 0.0399. The van der Waals surface area contributed by atoms with E-state index < -0.39 is 0 Å². The maximum absolute atomic E-state index is 11.5. The zero-order chi connectivity index (χ0) is 10.6. The van der Waals surface area contributed by atoms with E-state index in [2.05, 4.69) is 0 Å². The molecule has 0 aromatic carbocycles. The molecule has 1 N–H and O–H groups in total. The lowest BCUT2D eigenvalue weighted by molar-refractivity contribution is 0.179. The van der Waals surface area contributed by atoms with Crippen LogP contribution in [0, 0.1) is 0 Å². The molecule has 14 heavy (non-hydrogen) atoms. The lowest BCUT2D eigenvalue weighted by atomic mass is 10.2. The molecule has 0 fully saturated rings. The van der Waals surface area contributed by atoms with Crippen molar-refractivity contribution < 1.29 is 5.11 Å². The van der Waals surface area contributed by atoms with Gasteiger partial charge in [0.05, 0.1) is 6.10 Å². The summed E-state index contributed by atoms with van der Waals surface area (Å²) in [6.07, 6.45) is 4.90. The number of hydrogen-bond acceptors (Lipinski definition) is 2. The van der Waals surface area contributed by atoms with Crippen molar-refractivity contribution in [2.75, 3.05) is 0 Å². The molecule has 80 valence electrons. The summed E-state index contributed by atoms with van der Waals surface area (Å²) in [6, 6.07) is 0. The molecule has 0 radical (unpaired) electrons. The quantitative estimate of drug-likeness (QED) is 0.761. The van der Waals surface area contributed by atoms with Crippen LogP contribution in [-0.4, -0.2) is 20.3 Å². The normalized spacial score (nSPS) is 13.1. The van der Waals surface area contributed by atoms with Crippen molar-refractivity contribution in [2.24, 2.45) is 0 Å². The van der Waals surface area contributed by atoms with Gasteiger partial charge in [-0.25, -0.2) is 4.79 Å². The maximum Gasteiger partial charge on any atom is 0.328 e. The number of nitrogens with zero attached hydrogens (tertiary/aromatic N) is 2. The van der Waals surface area contributed by atoms with Gasteiger partial charge in [0.1, 0.15) is 0 Å². The third-order valence-corrected chi connectivity index (χ3v) is 2.28. The van der Waals surface area contributed by atoms with Crippen LogP contribution in [0.25, 0.3) is 0 Å². The first-order valence-electron chi connectivity index (χ1n) is 5.08. The zero-order valence-corrected chi connectivity index (χ0v) is 8.81. The molecule has 0 aliphatic rings. The predicted octanol–water partition coefficient (Wildman–Crippen LogP) is 0.831. The summed E-state index contributed by atoms with van der Waals surface area (Å²) in [7, 11) is 0. The number of aryl methyl sites for hydroxylation is 2. The summed E-state index contributed by atoms with van der Waals surface area (Å²) in [5.41, 5.74) is 0.0399. The molecular formula is C10H18N2O2. The molecule has 0 spiro atoms. The second-order valence-corrected chi connectivity index (χ2v) is 3.55. The van der Waals surface area contributed by atoms with Crippen LogP contribution >= 0.6 is 0 Å². The Morgan fingerprint density at radius 2 is 2.07 bits per heavy atom. The Labute approximate surface area is 83.8 Å². The minimum Gasteiger partial charge on any atom is -0.393 e. The predicted molar refractivity (Wildman–Crippen MR) is 55.3 cm³/mol. The highest BCUT2D eigenvalue weighted by Gasteiger charge is 2.01. The molecule has 0 saturated heterocycles. The number of imidazole rings is 1. The first-order valence-corrected chi connectivity index (χ1v) is 5.08. The first-order chi connectivity index (χ1) is 6.65. The monoisotopic (exact) mass is 198 g/mol. The van der Waals surface area contributed by atoms with E-state index in [1.807, 2.05) is 6.92 Å². The van der Waals surface area contributed by atoms with E-state index in [9.17, 15) is 4.79 Å². The van der Waals surface area contributed by atoms with E-state index in [4.69, 9.17) is 5.11 Å². The van der Waals surface area contributed by atoms with E-state index in [0.29, 0.717) is 13.1 Å². The van der Waals surface area contributed by atoms with Gasteiger partial charge in [-0.1, -0.05) is 0 Å². The van der Waals surface area contributed by atoms with Crippen LogP contribution in [0.5, 0.6) is 0 Å². The molecule has 1 heterocycles. The Hall–Kier alpha value is -1.03. The summed E-state index contributed by atoms with van der Waals surface area (Å²) >= 11 is 0. The standard InChI is InChI=1S/C10H18N2O2/c1-3-11-7-8-12(10(11)14)6-4-5-9(2)13/h7-9,13H,3-6H2,1-2H3. The SMILES string of the molecule is CCn1ccn(CCCC(C)O)c1=O. The van der Waals surface area contributed by atoms with Crippen LogP contribution in [0.1, 0.15) is 26.7 Å². The van der Waals surface area contributed by atoms with Gasteiger partial charge < -0.3 is 5.11 Å². The van der Waals surface area contributed by atoms with Crippen LogP contribution < -0.4 is 5.69 Å². The van der Waals surface area contributed by atoms with Crippen molar-refractivity contribution in [2.45, 2.75) is 45.9 Å². The smallest absolute Gasteiger partial charge is 0.328 e. The Morgan fingerprint density at radius 1 is 1.43 bits per heavy atom. The molecule has 0 aliphatic heterocycles. The first kappa shape index (κ1) is 11.0. The van der Waals surface area contributed by atoms with E-state index in [0.717, 1.165) is 12.8 Å². The van der Waals surface area contributed by atoms with Gasteiger partial charge in [-0.2, -0.15) is 0 Å². The van der Waals surface area contributed by atoms with Crippen molar-refractivity contribution >= 4 is 0 Å². The van der Waals surface area contributed by atoms with Gasteiger partial charge in [0, 0.05) is 25.5 Å². The Kier molecular flexibility index (Phi) is 3.95. The third kappa shape index (κ3) is 2.73. The van der Waals surface area contributed by atoms with Crippen molar-refractivity contribution in [3.63, 3.8) is 0 Å². The van der Waals surface area contributed by atoms with E-state index in [1.54, 1.807) is 28.5 Å². The maximum atomic E-state index is 11.5. The van der Waals surface area contributed by atoms with Crippen molar-refractivity contribution in [3.05, 3.63) is 22.9 Å². The van der Waals surface area contributed by atoms with Gasteiger partial charge in [-0.3, -0.25) is 9.13 Å². The van der Waals surface area contributed by atoms with Gasteiger partial charge >= 0.3 is 5.69 Å². The van der Waals surface area contributed by atoms with Crippen LogP contribution in [0.4, 0.5) is 0 Å². The molecule has 0 bridgehead atoms. The zero-order valence-electron chi connectivity index (χ0n) is 8.81. The fourth-order valence-corrected chi connectivity index (χ4v) is 1.42. The van der Waals surface area contributed by atoms with Crippen LogP contribution in [0.3, 0.4) is 0 Å². The van der Waals surface area contributed by atoms with Gasteiger partial charge in [-0.05, 0) is 26.7 Å². The Bertz CT molecular complexity index is 325. The summed E-state index contributed by atoms with van der Waals surface area (Å²) in [6.45, 7) is 5.11. The van der Waals surface area contributed by atoms with Crippen molar-refractivity contribution in [1.29, 1.82) is 0 Å². The fraction of sp³-hybridized carbons (Fsp3) is 0.700. The van der Waals surface area contributed by atoms with E-state index in [-0.39, 0.29) is 11.8 Å². The number of aliphatic hydroxyl groups excluding tert-OH is 1. The average Bonchev–Trinajstić information content (AvgIpc) is 2.47. The topological polar surface area (TPSA) is 47.2 Å². The van der Waals surface area contributed by atoms with Crippen LogP contribution in [0.2, 0.25) is 0 Å². The highest BCUT2D eigenvalue weighted by molar-refractivity contribution is 4.80. The molecular weight excluding hydrogens is 180 g/mol. The number of rotatable bonds is 5. The van der Waals surface area contributed by atoms with Gasteiger partial charge in [0.15, 0.2) is 0 Å². The summed E-state index contributed by atoms with van der Waals surface area (Å²) in [5.74, 6) is 0. The van der Waals surface area contributed by atoms with E-state index >= 15 is 0 Å². The highest BCUT2D eigenvalue weighted by atomic mass is 16.3. The second-order valence-electron chi connectivity index (χ2n) is 3.55. The van der Waals surface area contributed by atoms with Gasteiger partial charge in [0.25, 0.3) is 0 Å². The summed E-state index contributed by atoms with van der Waals surface area (Å²) in [4.78, 5) is 11.5. The Balaban J connectivity index is 2.51. The Morgan fingerprint density at radius 3 is 2.57 bits per heavy atom. The highest BCUT2D eigenvalue weighted by Crippen LogP contribution is 1.97. The second kappa shape index (κ2) is 5.00. The van der Waals surface area contributed by atoms with Crippen LogP contribution in [0.15, 0.2) is 17.2 Å². The molecule has 1 unspecified atom stereocenters. The molecule has 1 rings (SSSR count). The number of aliphatic hydroxyl groups is 1. The third-order valence-electron chi connectivity index (χ3n) is 2.28. The molecule has 1 aromatic rings. The fourth-order valence-electron chi connectivity index (χ4n) is 1.42. The average molecular weight is 198 g/mol.